The van der Waals surface area contributed by atoms with Gasteiger partial charge in [-0.2, -0.15) is 0 Å². The smallest absolute Gasteiger partial charge is 0.180 e. The summed E-state index contributed by atoms with van der Waals surface area (Å²) in [6, 6.07) is 10.1. The van der Waals surface area contributed by atoms with Gasteiger partial charge in [0.1, 0.15) is 28.9 Å². The summed E-state index contributed by atoms with van der Waals surface area (Å²) in [5, 5.41) is 8.31. The van der Waals surface area contributed by atoms with Crippen molar-refractivity contribution in [3.8, 4) is 22.9 Å². The lowest BCUT2D eigenvalue weighted by molar-refractivity contribution is 0.589. The van der Waals surface area contributed by atoms with E-state index in [1.165, 1.54) is 6.07 Å². The molecule has 9 heteroatoms. The van der Waals surface area contributed by atoms with Crippen LogP contribution >= 0.6 is 0 Å². The SMILES string of the molecule is Cn1cccc1-c1ccc(-c2cc(N)nc(C(=N)c3cc(F)cnc3N)n2)o1. The maximum atomic E-state index is 13.5. The maximum absolute atomic E-state index is 13.5. The predicted molar refractivity (Wildman–Crippen MR) is 103 cm³/mol. The second kappa shape index (κ2) is 6.62. The third-order valence-corrected chi connectivity index (χ3v) is 4.18. The fourth-order valence-corrected chi connectivity index (χ4v) is 2.80. The number of furan rings is 1. The summed E-state index contributed by atoms with van der Waals surface area (Å²) in [5.41, 5.74) is 12.8. The van der Waals surface area contributed by atoms with E-state index in [1.807, 2.05) is 36.0 Å². The molecule has 0 unspecified atom stereocenters. The highest BCUT2D eigenvalue weighted by atomic mass is 19.1. The van der Waals surface area contributed by atoms with Crippen molar-refractivity contribution < 1.29 is 8.81 Å². The van der Waals surface area contributed by atoms with E-state index in [4.69, 9.17) is 21.3 Å². The molecular formula is C19H16FN7O. The summed E-state index contributed by atoms with van der Waals surface area (Å²) >= 11 is 0. The van der Waals surface area contributed by atoms with Crippen molar-refractivity contribution in [2.24, 2.45) is 7.05 Å². The van der Waals surface area contributed by atoms with Gasteiger partial charge in [-0.15, -0.1) is 0 Å². The number of aromatic nitrogens is 4. The van der Waals surface area contributed by atoms with Gasteiger partial charge in [-0.25, -0.2) is 19.3 Å². The number of nitrogens with one attached hydrogen (secondary N) is 1. The molecule has 4 aromatic heterocycles. The Morgan fingerprint density at radius 3 is 2.68 bits per heavy atom. The van der Waals surface area contributed by atoms with E-state index in [0.29, 0.717) is 17.2 Å². The van der Waals surface area contributed by atoms with E-state index in [-0.39, 0.29) is 28.7 Å². The second-order valence-electron chi connectivity index (χ2n) is 6.13. The molecular weight excluding hydrogens is 361 g/mol. The van der Waals surface area contributed by atoms with Crippen LogP contribution in [0.5, 0.6) is 0 Å². The highest BCUT2D eigenvalue weighted by Gasteiger charge is 2.17. The number of nitrogen functional groups attached to an aromatic ring is 2. The number of anilines is 2. The molecule has 0 saturated carbocycles. The first-order valence-corrected chi connectivity index (χ1v) is 8.29. The first kappa shape index (κ1) is 17.4. The van der Waals surface area contributed by atoms with Gasteiger partial charge in [-0.3, -0.25) is 5.41 Å². The Labute approximate surface area is 159 Å². The van der Waals surface area contributed by atoms with E-state index in [1.54, 1.807) is 6.07 Å². The lowest BCUT2D eigenvalue weighted by Gasteiger charge is -2.08. The molecule has 0 atom stereocenters. The molecule has 0 aliphatic heterocycles. The Hall–Kier alpha value is -4.01. The summed E-state index contributed by atoms with van der Waals surface area (Å²) in [5.74, 6) is 0.647. The third kappa shape index (κ3) is 3.09. The quantitative estimate of drug-likeness (QED) is 0.468. The molecule has 140 valence electrons. The van der Waals surface area contributed by atoms with Crippen molar-refractivity contribution in [3.63, 3.8) is 0 Å². The molecule has 28 heavy (non-hydrogen) atoms. The first-order chi connectivity index (χ1) is 13.4. The molecule has 0 bridgehead atoms. The number of hydrogen-bond donors (Lipinski definition) is 3. The zero-order chi connectivity index (χ0) is 19.8. The lowest BCUT2D eigenvalue weighted by Crippen LogP contribution is -2.13. The van der Waals surface area contributed by atoms with Gasteiger partial charge in [0.25, 0.3) is 0 Å². The Balaban J connectivity index is 1.74. The average molecular weight is 377 g/mol. The van der Waals surface area contributed by atoms with E-state index in [2.05, 4.69) is 15.0 Å². The van der Waals surface area contributed by atoms with Crippen LogP contribution in [0.4, 0.5) is 16.0 Å². The van der Waals surface area contributed by atoms with Crippen LogP contribution in [-0.2, 0) is 7.05 Å². The number of hydrogen-bond acceptors (Lipinski definition) is 7. The fraction of sp³-hybridized carbons (Fsp3) is 0.0526. The number of nitrogens with two attached hydrogens (primary N) is 2. The van der Waals surface area contributed by atoms with Gasteiger partial charge in [-0.05, 0) is 30.3 Å². The molecule has 4 aromatic rings. The summed E-state index contributed by atoms with van der Waals surface area (Å²) < 4.78 is 21.3. The Morgan fingerprint density at radius 2 is 1.93 bits per heavy atom. The second-order valence-corrected chi connectivity index (χ2v) is 6.13. The minimum absolute atomic E-state index is 0.00275. The lowest BCUT2D eigenvalue weighted by atomic mass is 10.1. The summed E-state index contributed by atoms with van der Waals surface area (Å²) in [6.07, 6.45) is 2.89. The Bertz CT molecular complexity index is 1190. The van der Waals surface area contributed by atoms with Crippen LogP contribution in [0.25, 0.3) is 22.9 Å². The van der Waals surface area contributed by atoms with Crippen LogP contribution in [0.15, 0.2) is 53.2 Å². The molecule has 0 aliphatic carbocycles. The molecule has 0 amide bonds. The minimum Gasteiger partial charge on any atom is -0.453 e. The van der Waals surface area contributed by atoms with E-state index in [0.717, 1.165) is 18.0 Å². The molecule has 8 nitrogen and oxygen atoms in total. The largest absolute Gasteiger partial charge is 0.453 e. The summed E-state index contributed by atoms with van der Waals surface area (Å²) in [6.45, 7) is 0. The topological polar surface area (TPSA) is 133 Å². The average Bonchev–Trinajstić information content (AvgIpc) is 3.31. The molecule has 0 saturated heterocycles. The molecule has 0 fully saturated rings. The zero-order valence-corrected chi connectivity index (χ0v) is 14.8. The fourth-order valence-electron chi connectivity index (χ4n) is 2.80. The summed E-state index contributed by atoms with van der Waals surface area (Å²) in [7, 11) is 1.91. The standard InChI is InChI=1S/C19H16FN7O/c1-27-6-2-3-13(27)15-5-4-14(28-15)12-8-16(21)26-19(25-12)17(22)11-7-10(20)9-24-18(11)23/h2-9,22H,1H3,(H2,23,24)(H2,21,25,26). The van der Waals surface area contributed by atoms with Crippen molar-refractivity contribution in [3.05, 3.63) is 66.0 Å². The van der Waals surface area contributed by atoms with Crippen LogP contribution in [0, 0.1) is 11.2 Å². The van der Waals surface area contributed by atoms with Gasteiger partial charge in [0, 0.05) is 24.9 Å². The van der Waals surface area contributed by atoms with Crippen molar-refractivity contribution in [2.75, 3.05) is 11.5 Å². The number of pyridine rings is 1. The zero-order valence-electron chi connectivity index (χ0n) is 14.8. The van der Waals surface area contributed by atoms with Crippen molar-refractivity contribution in [2.45, 2.75) is 0 Å². The predicted octanol–water partition coefficient (Wildman–Crippen LogP) is 2.86. The van der Waals surface area contributed by atoms with Crippen LogP contribution in [0.1, 0.15) is 11.4 Å². The van der Waals surface area contributed by atoms with E-state index in [9.17, 15) is 4.39 Å². The first-order valence-electron chi connectivity index (χ1n) is 8.29. The van der Waals surface area contributed by atoms with Crippen LogP contribution < -0.4 is 11.5 Å². The highest BCUT2D eigenvalue weighted by molar-refractivity contribution is 6.11. The Kier molecular flexibility index (Phi) is 4.11. The van der Waals surface area contributed by atoms with Crippen LogP contribution in [-0.4, -0.2) is 25.2 Å². The van der Waals surface area contributed by atoms with Crippen LogP contribution in [0.3, 0.4) is 0 Å². The monoisotopic (exact) mass is 377 g/mol. The molecule has 4 heterocycles. The molecule has 4 rings (SSSR count). The molecule has 0 spiro atoms. The van der Waals surface area contributed by atoms with Gasteiger partial charge in [0.05, 0.1) is 11.9 Å². The van der Waals surface area contributed by atoms with Gasteiger partial charge in [-0.1, -0.05) is 0 Å². The van der Waals surface area contributed by atoms with E-state index >= 15 is 0 Å². The summed E-state index contributed by atoms with van der Waals surface area (Å²) in [4.78, 5) is 12.1. The Morgan fingerprint density at radius 1 is 1.14 bits per heavy atom. The van der Waals surface area contributed by atoms with Gasteiger partial charge >= 0.3 is 0 Å². The van der Waals surface area contributed by atoms with Crippen LogP contribution in [0.2, 0.25) is 0 Å². The third-order valence-electron chi connectivity index (χ3n) is 4.18. The highest BCUT2D eigenvalue weighted by Crippen LogP contribution is 2.28. The van der Waals surface area contributed by atoms with E-state index < -0.39 is 5.82 Å². The number of halogens is 1. The van der Waals surface area contributed by atoms with Crippen molar-refractivity contribution in [1.29, 1.82) is 5.41 Å². The van der Waals surface area contributed by atoms with Gasteiger partial charge in [0.2, 0.25) is 0 Å². The maximum Gasteiger partial charge on any atom is 0.180 e. The number of rotatable bonds is 4. The van der Waals surface area contributed by atoms with Crippen molar-refractivity contribution in [1.82, 2.24) is 19.5 Å². The molecule has 0 aromatic carbocycles. The normalized spacial score (nSPS) is 10.9. The van der Waals surface area contributed by atoms with Gasteiger partial charge in [0.15, 0.2) is 17.3 Å². The minimum atomic E-state index is -0.615. The molecule has 0 aliphatic rings. The number of aryl methyl sites for hydroxylation is 1. The molecule has 0 radical (unpaired) electrons. The molecule has 5 N–H and O–H groups in total. The number of nitrogens with zero attached hydrogens (tertiary/aromatic N) is 4. The van der Waals surface area contributed by atoms with Gasteiger partial charge < -0.3 is 20.5 Å². The van der Waals surface area contributed by atoms with Crippen molar-refractivity contribution >= 4 is 17.3 Å².